The van der Waals surface area contributed by atoms with Crippen molar-refractivity contribution in [3.05, 3.63) is 50.8 Å². The molecule has 0 aliphatic carbocycles. The first-order valence-corrected chi connectivity index (χ1v) is 6.29. The maximum atomic E-state index is 13.6. The average molecular weight is 363 g/mol. The van der Waals surface area contributed by atoms with Crippen LogP contribution in [0.4, 0.5) is 21.5 Å². The van der Waals surface area contributed by atoms with Gasteiger partial charge in [-0.3, -0.25) is 0 Å². The van der Waals surface area contributed by atoms with Crippen molar-refractivity contribution in [3.63, 3.8) is 0 Å². The lowest BCUT2D eigenvalue weighted by Crippen LogP contribution is -1.99. The van der Waals surface area contributed by atoms with Crippen LogP contribution in [0.25, 0.3) is 0 Å². The van der Waals surface area contributed by atoms with Gasteiger partial charge in [0, 0.05) is 3.57 Å². The molecule has 2 rings (SSSR count). The topological polar surface area (TPSA) is 38.0 Å². The summed E-state index contributed by atoms with van der Waals surface area (Å²) in [6.45, 7) is 0. The summed E-state index contributed by atoms with van der Waals surface area (Å²) in [6.07, 6.45) is 0. The number of rotatable bonds is 2. The van der Waals surface area contributed by atoms with E-state index in [1.807, 2.05) is 6.07 Å². The van der Waals surface area contributed by atoms with Gasteiger partial charge < -0.3 is 11.1 Å². The van der Waals surface area contributed by atoms with Gasteiger partial charge in [-0.15, -0.1) is 0 Å². The third kappa shape index (κ3) is 2.81. The van der Waals surface area contributed by atoms with E-state index in [2.05, 4.69) is 27.9 Å². The fraction of sp³-hybridized carbons (Fsp3) is 0. The van der Waals surface area contributed by atoms with Crippen LogP contribution in [-0.4, -0.2) is 0 Å². The molecule has 0 fully saturated rings. The van der Waals surface area contributed by atoms with Crippen LogP contribution >= 0.6 is 34.2 Å². The number of nitrogen functional groups attached to an aromatic ring is 1. The number of nitrogens with one attached hydrogen (secondary N) is 1. The maximum Gasteiger partial charge on any atom is 0.148 e. The summed E-state index contributed by atoms with van der Waals surface area (Å²) in [7, 11) is 0. The Kier molecular flexibility index (Phi) is 3.73. The number of hydrogen-bond acceptors (Lipinski definition) is 2. The Bertz CT molecular complexity index is 540. The highest BCUT2D eigenvalue weighted by Crippen LogP contribution is 2.31. The molecule has 2 nitrogen and oxygen atoms in total. The van der Waals surface area contributed by atoms with E-state index < -0.39 is 5.82 Å². The molecule has 5 heteroatoms. The molecule has 0 bridgehead atoms. The second kappa shape index (κ2) is 5.10. The molecular weight excluding hydrogens is 354 g/mol. The minimum absolute atomic E-state index is 0.238. The highest BCUT2D eigenvalue weighted by molar-refractivity contribution is 14.1. The Morgan fingerprint density at radius 3 is 2.65 bits per heavy atom. The molecule has 0 aliphatic rings. The van der Waals surface area contributed by atoms with E-state index in [-0.39, 0.29) is 5.69 Å². The fourth-order valence-corrected chi connectivity index (χ4v) is 2.12. The lowest BCUT2D eigenvalue weighted by atomic mass is 10.2. The molecule has 0 aliphatic heterocycles. The van der Waals surface area contributed by atoms with Crippen molar-refractivity contribution in [2.75, 3.05) is 11.1 Å². The minimum Gasteiger partial charge on any atom is -0.397 e. The van der Waals surface area contributed by atoms with E-state index in [1.54, 1.807) is 24.3 Å². The van der Waals surface area contributed by atoms with Crippen LogP contribution in [0.1, 0.15) is 0 Å². The van der Waals surface area contributed by atoms with Crippen LogP contribution < -0.4 is 11.1 Å². The molecule has 0 aromatic heterocycles. The highest BCUT2D eigenvalue weighted by Gasteiger charge is 2.08. The standard InChI is InChI=1S/C12H9ClFIN2/c13-8-2-1-3-9(14)12(8)17-11-5-4-7(15)6-10(11)16/h1-6,17H,16H2. The molecule has 0 saturated carbocycles. The van der Waals surface area contributed by atoms with Gasteiger partial charge >= 0.3 is 0 Å². The van der Waals surface area contributed by atoms with Crippen molar-refractivity contribution in [1.82, 2.24) is 0 Å². The highest BCUT2D eigenvalue weighted by atomic mass is 127. The van der Waals surface area contributed by atoms with Gasteiger partial charge in [0.05, 0.1) is 22.1 Å². The van der Waals surface area contributed by atoms with Crippen molar-refractivity contribution in [1.29, 1.82) is 0 Å². The number of halogens is 3. The lowest BCUT2D eigenvalue weighted by Gasteiger charge is -2.11. The molecule has 2 aromatic carbocycles. The summed E-state index contributed by atoms with van der Waals surface area (Å²) in [5.41, 5.74) is 7.26. The second-order valence-corrected chi connectivity index (χ2v) is 5.11. The predicted octanol–water partition coefficient (Wildman–Crippen LogP) is 4.41. The molecular formula is C12H9ClFIN2. The molecule has 0 saturated heterocycles. The Labute approximate surface area is 117 Å². The van der Waals surface area contributed by atoms with Crippen molar-refractivity contribution in [3.8, 4) is 0 Å². The molecule has 0 radical (unpaired) electrons. The fourth-order valence-electron chi connectivity index (χ4n) is 1.40. The third-order valence-electron chi connectivity index (χ3n) is 2.24. The summed E-state index contributed by atoms with van der Waals surface area (Å²) in [4.78, 5) is 0. The zero-order valence-corrected chi connectivity index (χ0v) is 11.6. The molecule has 0 spiro atoms. The van der Waals surface area contributed by atoms with Gasteiger partial charge in [0.15, 0.2) is 0 Å². The van der Waals surface area contributed by atoms with Gasteiger partial charge in [0.1, 0.15) is 5.82 Å². The Balaban J connectivity index is 2.38. The first kappa shape index (κ1) is 12.4. The van der Waals surface area contributed by atoms with Crippen molar-refractivity contribution >= 4 is 51.3 Å². The van der Waals surface area contributed by atoms with Crippen LogP contribution in [0.2, 0.25) is 5.02 Å². The zero-order chi connectivity index (χ0) is 12.4. The number of hydrogen-bond donors (Lipinski definition) is 2. The van der Waals surface area contributed by atoms with E-state index in [4.69, 9.17) is 17.3 Å². The van der Waals surface area contributed by atoms with Gasteiger partial charge in [0.25, 0.3) is 0 Å². The SMILES string of the molecule is Nc1cc(I)ccc1Nc1c(F)cccc1Cl. The smallest absolute Gasteiger partial charge is 0.148 e. The van der Waals surface area contributed by atoms with E-state index in [1.165, 1.54) is 6.07 Å². The second-order valence-electron chi connectivity index (χ2n) is 3.45. The molecule has 0 amide bonds. The first-order chi connectivity index (χ1) is 8.08. The number of para-hydroxylation sites is 1. The molecule has 0 heterocycles. The molecule has 17 heavy (non-hydrogen) atoms. The molecule has 88 valence electrons. The average Bonchev–Trinajstić information content (AvgIpc) is 2.26. The van der Waals surface area contributed by atoms with Crippen LogP contribution in [0.5, 0.6) is 0 Å². The maximum absolute atomic E-state index is 13.6. The summed E-state index contributed by atoms with van der Waals surface area (Å²) in [6, 6.07) is 10.00. The van der Waals surface area contributed by atoms with Gasteiger partial charge in [-0.25, -0.2) is 4.39 Å². The number of benzene rings is 2. The van der Waals surface area contributed by atoms with Crippen molar-refractivity contribution in [2.45, 2.75) is 0 Å². The van der Waals surface area contributed by atoms with E-state index >= 15 is 0 Å². The lowest BCUT2D eigenvalue weighted by molar-refractivity contribution is 0.632. The van der Waals surface area contributed by atoms with Gasteiger partial charge in [0.2, 0.25) is 0 Å². The molecule has 0 unspecified atom stereocenters. The van der Waals surface area contributed by atoms with Crippen LogP contribution in [0, 0.1) is 9.39 Å². The molecule has 0 atom stereocenters. The van der Waals surface area contributed by atoms with Crippen LogP contribution in [-0.2, 0) is 0 Å². The zero-order valence-electron chi connectivity index (χ0n) is 8.68. The van der Waals surface area contributed by atoms with Crippen molar-refractivity contribution in [2.24, 2.45) is 0 Å². The van der Waals surface area contributed by atoms with Crippen LogP contribution in [0.3, 0.4) is 0 Å². The van der Waals surface area contributed by atoms with E-state index in [9.17, 15) is 4.39 Å². The van der Waals surface area contributed by atoms with E-state index in [0.29, 0.717) is 16.4 Å². The Morgan fingerprint density at radius 2 is 2.00 bits per heavy atom. The van der Waals surface area contributed by atoms with Crippen molar-refractivity contribution < 1.29 is 4.39 Å². The molecule has 2 aromatic rings. The summed E-state index contributed by atoms with van der Waals surface area (Å²) >= 11 is 8.08. The summed E-state index contributed by atoms with van der Waals surface area (Å²) in [5, 5.41) is 3.22. The third-order valence-corrected chi connectivity index (χ3v) is 3.22. The summed E-state index contributed by atoms with van der Waals surface area (Å²) < 4.78 is 14.6. The van der Waals surface area contributed by atoms with Gasteiger partial charge in [-0.1, -0.05) is 17.7 Å². The first-order valence-electron chi connectivity index (χ1n) is 4.84. The minimum atomic E-state index is -0.407. The Morgan fingerprint density at radius 1 is 1.24 bits per heavy atom. The largest absolute Gasteiger partial charge is 0.397 e. The summed E-state index contributed by atoms with van der Waals surface area (Å²) in [5.74, 6) is -0.407. The quantitative estimate of drug-likeness (QED) is 0.613. The monoisotopic (exact) mass is 362 g/mol. The number of anilines is 3. The molecule has 3 N–H and O–H groups in total. The number of nitrogens with two attached hydrogens (primary N) is 1. The van der Waals surface area contributed by atoms with E-state index in [0.717, 1.165) is 3.57 Å². The normalized spacial score (nSPS) is 10.3. The Hall–Kier alpha value is -1.01. The van der Waals surface area contributed by atoms with Crippen LogP contribution in [0.15, 0.2) is 36.4 Å². The van der Waals surface area contributed by atoms with Gasteiger partial charge in [-0.05, 0) is 52.9 Å². The van der Waals surface area contributed by atoms with Gasteiger partial charge in [-0.2, -0.15) is 0 Å². The predicted molar refractivity (Wildman–Crippen MR) is 78.3 cm³/mol.